The lowest BCUT2D eigenvalue weighted by atomic mass is 9.99. The number of aromatic nitrogens is 1. The van der Waals surface area contributed by atoms with Gasteiger partial charge >= 0.3 is 6.18 Å². The van der Waals surface area contributed by atoms with Crippen molar-refractivity contribution in [2.45, 2.75) is 19.0 Å². The fourth-order valence-electron chi connectivity index (χ4n) is 1.76. The first kappa shape index (κ1) is 11.0. The van der Waals surface area contributed by atoms with Gasteiger partial charge in [0.1, 0.15) is 0 Å². The zero-order valence-electron chi connectivity index (χ0n) is 9.05. The molecule has 0 aliphatic rings. The van der Waals surface area contributed by atoms with Crippen LogP contribution < -0.4 is 0 Å². The van der Waals surface area contributed by atoms with E-state index in [1.54, 1.807) is 18.2 Å². The summed E-state index contributed by atoms with van der Waals surface area (Å²) in [5.41, 5.74) is 1.25. The minimum absolute atomic E-state index is 0.311. The van der Waals surface area contributed by atoms with Crippen LogP contribution in [0.25, 0.3) is 10.9 Å². The summed E-state index contributed by atoms with van der Waals surface area (Å²) in [6, 6.07) is 6.70. The van der Waals surface area contributed by atoms with Gasteiger partial charge in [-0.2, -0.15) is 13.2 Å². The molecule has 0 saturated carbocycles. The van der Waals surface area contributed by atoms with Crippen molar-refractivity contribution >= 4 is 10.9 Å². The van der Waals surface area contributed by atoms with Gasteiger partial charge in [-0.15, -0.1) is 0 Å². The maximum Gasteiger partial charge on any atom is 0.395 e. The number of hydrogen-bond acceptors (Lipinski definition) is 0. The molecular weight excluding hydrogens is 215 g/mol. The molecule has 0 aliphatic heterocycles. The molecule has 2 rings (SSSR count). The van der Waals surface area contributed by atoms with Crippen LogP contribution in [0.15, 0.2) is 30.5 Å². The number of hydrogen-bond donors (Lipinski definition) is 0. The number of nitrogens with zero attached hydrogens (tertiary/aromatic N) is 1. The quantitative estimate of drug-likeness (QED) is 0.697. The Hall–Kier alpha value is -1.45. The Morgan fingerprint density at radius 2 is 1.88 bits per heavy atom. The zero-order valence-corrected chi connectivity index (χ0v) is 9.05. The Morgan fingerprint density at radius 1 is 1.19 bits per heavy atom. The molecule has 1 heterocycles. The number of rotatable bonds is 1. The first-order valence-electron chi connectivity index (χ1n) is 5.01. The molecule has 0 spiro atoms. The van der Waals surface area contributed by atoms with Crippen molar-refractivity contribution in [2.24, 2.45) is 7.05 Å². The Labute approximate surface area is 91.5 Å². The van der Waals surface area contributed by atoms with E-state index in [1.165, 1.54) is 6.92 Å². The molecule has 4 heteroatoms. The van der Waals surface area contributed by atoms with Gasteiger partial charge in [-0.1, -0.05) is 6.07 Å². The van der Waals surface area contributed by atoms with Gasteiger partial charge in [-0.05, 0) is 36.1 Å². The number of aryl methyl sites for hydroxylation is 1. The molecule has 1 aromatic heterocycles. The second-order valence-corrected chi connectivity index (χ2v) is 4.01. The van der Waals surface area contributed by atoms with Crippen molar-refractivity contribution in [3.05, 3.63) is 36.0 Å². The molecule has 16 heavy (non-hydrogen) atoms. The summed E-state index contributed by atoms with van der Waals surface area (Å²) >= 11 is 0. The lowest BCUT2D eigenvalue weighted by Gasteiger charge is -2.15. The van der Waals surface area contributed by atoms with E-state index < -0.39 is 12.1 Å². The summed E-state index contributed by atoms with van der Waals surface area (Å²) in [5.74, 6) is -1.42. The number of halogens is 3. The fourth-order valence-corrected chi connectivity index (χ4v) is 1.76. The van der Waals surface area contributed by atoms with E-state index in [0.29, 0.717) is 5.56 Å². The molecule has 2 aromatic rings. The minimum Gasteiger partial charge on any atom is -0.351 e. The number of alkyl halides is 3. The molecule has 0 unspecified atom stereocenters. The molecule has 1 atom stereocenters. The molecule has 0 aliphatic carbocycles. The smallest absolute Gasteiger partial charge is 0.351 e. The highest BCUT2D eigenvalue weighted by atomic mass is 19.4. The van der Waals surface area contributed by atoms with E-state index in [9.17, 15) is 13.2 Å². The van der Waals surface area contributed by atoms with Gasteiger partial charge in [0.2, 0.25) is 0 Å². The van der Waals surface area contributed by atoms with Gasteiger partial charge < -0.3 is 4.57 Å². The summed E-state index contributed by atoms with van der Waals surface area (Å²) in [5, 5.41) is 0.844. The monoisotopic (exact) mass is 227 g/mol. The van der Waals surface area contributed by atoms with E-state index in [2.05, 4.69) is 0 Å². The van der Waals surface area contributed by atoms with E-state index in [-0.39, 0.29) is 0 Å². The van der Waals surface area contributed by atoms with Crippen LogP contribution in [0.5, 0.6) is 0 Å². The third kappa shape index (κ3) is 1.79. The largest absolute Gasteiger partial charge is 0.395 e. The molecule has 0 saturated heterocycles. The summed E-state index contributed by atoms with van der Waals surface area (Å²) in [7, 11) is 1.87. The van der Waals surface area contributed by atoms with E-state index in [0.717, 1.165) is 10.9 Å². The highest BCUT2D eigenvalue weighted by Gasteiger charge is 2.36. The van der Waals surface area contributed by atoms with Crippen molar-refractivity contribution in [3.63, 3.8) is 0 Å². The van der Waals surface area contributed by atoms with Crippen LogP contribution in [0, 0.1) is 0 Å². The predicted octanol–water partition coefficient (Wildman–Crippen LogP) is 3.84. The first-order chi connectivity index (χ1) is 7.39. The second-order valence-electron chi connectivity index (χ2n) is 4.01. The topological polar surface area (TPSA) is 4.93 Å². The molecule has 0 bridgehead atoms. The van der Waals surface area contributed by atoms with Crippen molar-refractivity contribution < 1.29 is 13.2 Å². The molecule has 0 amide bonds. The highest BCUT2D eigenvalue weighted by molar-refractivity contribution is 5.80. The second kappa shape index (κ2) is 3.54. The summed E-state index contributed by atoms with van der Waals surface area (Å²) in [6.07, 6.45) is -2.34. The van der Waals surface area contributed by atoms with Crippen molar-refractivity contribution in [1.82, 2.24) is 4.57 Å². The molecule has 0 fully saturated rings. The molecular formula is C12H12F3N. The van der Waals surface area contributed by atoms with Gasteiger partial charge in [-0.25, -0.2) is 0 Å². The van der Waals surface area contributed by atoms with Crippen molar-refractivity contribution in [3.8, 4) is 0 Å². The van der Waals surface area contributed by atoms with Crippen LogP contribution in [0.3, 0.4) is 0 Å². The van der Waals surface area contributed by atoms with Gasteiger partial charge in [0, 0.05) is 18.8 Å². The van der Waals surface area contributed by atoms with Crippen LogP contribution in [0.1, 0.15) is 18.4 Å². The Balaban J connectivity index is 2.47. The average Bonchev–Trinajstić information content (AvgIpc) is 2.57. The molecule has 1 aromatic carbocycles. The maximum atomic E-state index is 12.5. The minimum atomic E-state index is -4.18. The maximum absolute atomic E-state index is 12.5. The van der Waals surface area contributed by atoms with Crippen LogP contribution in [-0.4, -0.2) is 10.7 Å². The lowest BCUT2D eigenvalue weighted by molar-refractivity contribution is -0.146. The first-order valence-corrected chi connectivity index (χ1v) is 5.01. The lowest BCUT2D eigenvalue weighted by Crippen LogP contribution is -2.17. The molecule has 0 radical (unpaired) electrons. The fraction of sp³-hybridized carbons (Fsp3) is 0.333. The van der Waals surface area contributed by atoms with Crippen LogP contribution in [0.2, 0.25) is 0 Å². The van der Waals surface area contributed by atoms with Crippen LogP contribution in [-0.2, 0) is 7.05 Å². The molecule has 86 valence electrons. The normalized spacial score (nSPS) is 14.3. The van der Waals surface area contributed by atoms with Gasteiger partial charge in [0.15, 0.2) is 0 Å². The van der Waals surface area contributed by atoms with Gasteiger partial charge in [-0.3, -0.25) is 0 Å². The average molecular weight is 227 g/mol. The number of benzene rings is 1. The summed E-state index contributed by atoms with van der Waals surface area (Å²) in [6.45, 7) is 1.18. The van der Waals surface area contributed by atoms with E-state index >= 15 is 0 Å². The summed E-state index contributed by atoms with van der Waals surface area (Å²) in [4.78, 5) is 0. The standard InChI is InChI=1S/C12H12F3N/c1-8(12(13,14)15)9-3-4-11-10(7-9)5-6-16(11)2/h3-8H,1-2H3/t8-/m0/s1. The van der Waals surface area contributed by atoms with Crippen molar-refractivity contribution in [2.75, 3.05) is 0 Å². The SMILES string of the molecule is C[C@@H](c1ccc2c(ccn2C)c1)C(F)(F)F. The van der Waals surface area contributed by atoms with Crippen LogP contribution >= 0.6 is 0 Å². The third-order valence-corrected chi connectivity index (χ3v) is 2.90. The zero-order chi connectivity index (χ0) is 11.9. The molecule has 1 nitrogen and oxygen atoms in total. The number of fused-ring (bicyclic) bond motifs is 1. The van der Waals surface area contributed by atoms with Crippen molar-refractivity contribution in [1.29, 1.82) is 0 Å². The predicted molar refractivity (Wildman–Crippen MR) is 57.4 cm³/mol. The van der Waals surface area contributed by atoms with E-state index in [1.807, 2.05) is 23.9 Å². The summed E-state index contributed by atoms with van der Waals surface area (Å²) < 4.78 is 39.5. The third-order valence-electron chi connectivity index (χ3n) is 2.90. The molecule has 0 N–H and O–H groups in total. The van der Waals surface area contributed by atoms with Crippen LogP contribution in [0.4, 0.5) is 13.2 Å². The van der Waals surface area contributed by atoms with E-state index in [4.69, 9.17) is 0 Å². The Morgan fingerprint density at radius 3 is 2.50 bits per heavy atom. The van der Waals surface area contributed by atoms with Gasteiger partial charge in [0.05, 0.1) is 5.92 Å². The van der Waals surface area contributed by atoms with Gasteiger partial charge in [0.25, 0.3) is 0 Å². The Bertz CT molecular complexity index is 510. The Kier molecular flexibility index (Phi) is 2.45. The highest BCUT2D eigenvalue weighted by Crippen LogP contribution is 2.35.